The van der Waals surface area contributed by atoms with E-state index in [9.17, 15) is 4.79 Å². The second-order valence-corrected chi connectivity index (χ2v) is 5.08. The molecule has 1 heterocycles. The van der Waals surface area contributed by atoms with Gasteiger partial charge in [0.15, 0.2) is 0 Å². The van der Waals surface area contributed by atoms with Crippen molar-refractivity contribution in [2.24, 2.45) is 5.84 Å². The van der Waals surface area contributed by atoms with Crippen molar-refractivity contribution in [3.05, 3.63) is 58.4 Å². The lowest BCUT2D eigenvalue weighted by Crippen LogP contribution is -2.32. The SMILES string of the molecule is COCCc1ccc(C(=O)NN)n1Cc1ccc(Cl)cc1. The van der Waals surface area contributed by atoms with Crippen LogP contribution in [-0.4, -0.2) is 24.2 Å². The van der Waals surface area contributed by atoms with Crippen LogP contribution in [-0.2, 0) is 17.7 Å². The summed E-state index contributed by atoms with van der Waals surface area (Å²) in [4.78, 5) is 11.9. The van der Waals surface area contributed by atoms with Crippen molar-refractivity contribution < 1.29 is 9.53 Å². The maximum absolute atomic E-state index is 11.9. The topological polar surface area (TPSA) is 69.3 Å². The van der Waals surface area contributed by atoms with Crippen molar-refractivity contribution in [3.8, 4) is 0 Å². The number of rotatable bonds is 6. The molecule has 0 saturated heterocycles. The molecule has 6 heteroatoms. The number of methoxy groups -OCH3 is 1. The van der Waals surface area contributed by atoms with Crippen molar-refractivity contribution in [1.82, 2.24) is 9.99 Å². The highest BCUT2D eigenvalue weighted by Crippen LogP contribution is 2.16. The van der Waals surface area contributed by atoms with Crippen LogP contribution in [0.4, 0.5) is 0 Å². The molecule has 0 unspecified atom stereocenters. The van der Waals surface area contributed by atoms with E-state index in [1.807, 2.05) is 34.9 Å². The highest BCUT2D eigenvalue weighted by molar-refractivity contribution is 6.30. The number of hydrogen-bond donors (Lipinski definition) is 2. The fraction of sp³-hybridized carbons (Fsp3) is 0.267. The predicted molar refractivity (Wildman–Crippen MR) is 82.2 cm³/mol. The average Bonchev–Trinajstić information content (AvgIpc) is 2.89. The normalized spacial score (nSPS) is 10.6. The lowest BCUT2D eigenvalue weighted by atomic mass is 10.2. The Labute approximate surface area is 128 Å². The van der Waals surface area contributed by atoms with Crippen LogP contribution in [0.2, 0.25) is 5.02 Å². The minimum Gasteiger partial charge on any atom is -0.384 e. The van der Waals surface area contributed by atoms with Crippen molar-refractivity contribution in [1.29, 1.82) is 0 Å². The van der Waals surface area contributed by atoms with Gasteiger partial charge in [-0.1, -0.05) is 23.7 Å². The number of hydrazine groups is 1. The van der Waals surface area contributed by atoms with E-state index in [0.717, 1.165) is 17.7 Å². The summed E-state index contributed by atoms with van der Waals surface area (Å²) in [6.07, 6.45) is 0.724. The molecule has 0 spiro atoms. The van der Waals surface area contributed by atoms with Crippen molar-refractivity contribution in [2.75, 3.05) is 13.7 Å². The summed E-state index contributed by atoms with van der Waals surface area (Å²) in [6.45, 7) is 1.17. The van der Waals surface area contributed by atoms with Gasteiger partial charge in [-0.15, -0.1) is 0 Å². The number of halogens is 1. The van der Waals surface area contributed by atoms with Crippen LogP contribution in [0.15, 0.2) is 36.4 Å². The third-order valence-corrected chi connectivity index (χ3v) is 3.50. The molecule has 0 atom stereocenters. The molecule has 0 aliphatic rings. The first-order chi connectivity index (χ1) is 10.2. The summed E-state index contributed by atoms with van der Waals surface area (Å²) in [5.41, 5.74) is 4.78. The number of nitrogens with zero attached hydrogens (tertiary/aromatic N) is 1. The summed E-state index contributed by atoms with van der Waals surface area (Å²) in [6, 6.07) is 11.2. The zero-order valence-corrected chi connectivity index (χ0v) is 12.6. The van der Waals surface area contributed by atoms with Gasteiger partial charge < -0.3 is 9.30 Å². The first-order valence-corrected chi connectivity index (χ1v) is 6.96. The molecule has 5 nitrogen and oxygen atoms in total. The number of ether oxygens (including phenoxy) is 1. The molecule has 1 amide bonds. The van der Waals surface area contributed by atoms with Gasteiger partial charge >= 0.3 is 0 Å². The Morgan fingerprint density at radius 3 is 2.62 bits per heavy atom. The molecule has 3 N–H and O–H groups in total. The van der Waals surface area contributed by atoms with Crippen molar-refractivity contribution >= 4 is 17.5 Å². The lowest BCUT2D eigenvalue weighted by Gasteiger charge is -2.13. The zero-order chi connectivity index (χ0) is 15.2. The first-order valence-electron chi connectivity index (χ1n) is 6.58. The van der Waals surface area contributed by atoms with Crippen LogP contribution in [0.25, 0.3) is 0 Å². The third-order valence-electron chi connectivity index (χ3n) is 3.25. The number of nitrogens with one attached hydrogen (secondary N) is 1. The quantitative estimate of drug-likeness (QED) is 0.487. The van der Waals surface area contributed by atoms with E-state index in [1.165, 1.54) is 0 Å². The number of nitrogen functional groups attached to an aromatic ring is 1. The Morgan fingerprint density at radius 1 is 1.29 bits per heavy atom. The number of hydrogen-bond acceptors (Lipinski definition) is 3. The highest BCUT2D eigenvalue weighted by Gasteiger charge is 2.14. The average molecular weight is 308 g/mol. The summed E-state index contributed by atoms with van der Waals surface area (Å²) in [7, 11) is 1.65. The third kappa shape index (κ3) is 3.85. The van der Waals surface area contributed by atoms with Gasteiger partial charge in [-0.05, 0) is 29.8 Å². The molecule has 1 aromatic heterocycles. The summed E-state index contributed by atoms with van der Waals surface area (Å²) < 4.78 is 7.04. The molecule has 112 valence electrons. The van der Waals surface area contributed by atoms with Gasteiger partial charge in [-0.25, -0.2) is 5.84 Å². The van der Waals surface area contributed by atoms with Crippen LogP contribution in [0.3, 0.4) is 0 Å². The molecule has 0 radical (unpaired) electrons. The summed E-state index contributed by atoms with van der Waals surface area (Å²) in [5, 5.41) is 0.686. The Kier molecular flexibility index (Phi) is 5.38. The van der Waals surface area contributed by atoms with E-state index >= 15 is 0 Å². The monoisotopic (exact) mass is 307 g/mol. The van der Waals surface area contributed by atoms with E-state index in [1.54, 1.807) is 13.2 Å². The van der Waals surface area contributed by atoms with E-state index in [-0.39, 0.29) is 5.91 Å². The molecule has 2 aromatic rings. The zero-order valence-electron chi connectivity index (χ0n) is 11.8. The summed E-state index contributed by atoms with van der Waals surface area (Å²) >= 11 is 5.89. The van der Waals surface area contributed by atoms with Gasteiger partial charge in [0.1, 0.15) is 5.69 Å². The van der Waals surface area contributed by atoms with Gasteiger partial charge in [0, 0.05) is 30.8 Å². The number of carbonyl (C=O) groups excluding carboxylic acids is 1. The molecule has 0 bridgehead atoms. The van der Waals surface area contributed by atoms with Gasteiger partial charge in [0.25, 0.3) is 5.91 Å². The minimum absolute atomic E-state index is 0.312. The fourth-order valence-electron chi connectivity index (χ4n) is 2.17. The van der Waals surface area contributed by atoms with E-state index in [4.69, 9.17) is 22.2 Å². The minimum atomic E-state index is -0.312. The molecule has 21 heavy (non-hydrogen) atoms. The van der Waals surface area contributed by atoms with Gasteiger partial charge in [0.05, 0.1) is 6.61 Å². The van der Waals surface area contributed by atoms with Crippen molar-refractivity contribution in [3.63, 3.8) is 0 Å². The molecular weight excluding hydrogens is 290 g/mol. The Balaban J connectivity index is 2.30. The number of carbonyl (C=O) groups is 1. The first kappa shape index (κ1) is 15.6. The molecule has 0 fully saturated rings. The largest absolute Gasteiger partial charge is 0.384 e. The molecule has 1 aromatic carbocycles. The molecule has 2 rings (SSSR count). The molecule has 0 aliphatic heterocycles. The Morgan fingerprint density at radius 2 is 2.00 bits per heavy atom. The van der Waals surface area contributed by atoms with E-state index in [2.05, 4.69) is 5.43 Å². The molecule has 0 saturated carbocycles. The van der Waals surface area contributed by atoms with Crippen LogP contribution >= 0.6 is 11.6 Å². The Hall–Kier alpha value is -1.82. The number of benzene rings is 1. The molecule has 0 aliphatic carbocycles. The van der Waals surface area contributed by atoms with Gasteiger partial charge in [-0.3, -0.25) is 10.2 Å². The maximum Gasteiger partial charge on any atom is 0.281 e. The van der Waals surface area contributed by atoms with Gasteiger partial charge in [-0.2, -0.15) is 0 Å². The number of nitrogens with two attached hydrogens (primary N) is 1. The lowest BCUT2D eigenvalue weighted by molar-refractivity contribution is 0.0944. The standard InChI is InChI=1S/C15H18ClN3O2/c1-21-9-8-13-6-7-14(15(20)18-17)19(13)10-11-2-4-12(16)5-3-11/h2-7H,8-10,17H2,1H3,(H,18,20). The highest BCUT2D eigenvalue weighted by atomic mass is 35.5. The van der Waals surface area contributed by atoms with Crippen LogP contribution in [0.5, 0.6) is 0 Å². The second-order valence-electron chi connectivity index (χ2n) is 4.64. The number of amides is 1. The smallest absolute Gasteiger partial charge is 0.281 e. The predicted octanol–water partition coefficient (Wildman–Crippen LogP) is 1.98. The van der Waals surface area contributed by atoms with Crippen molar-refractivity contribution in [2.45, 2.75) is 13.0 Å². The Bertz CT molecular complexity index is 608. The number of aromatic nitrogens is 1. The maximum atomic E-state index is 11.9. The fourth-order valence-corrected chi connectivity index (χ4v) is 2.29. The van der Waals surface area contributed by atoms with E-state index < -0.39 is 0 Å². The van der Waals surface area contributed by atoms with Gasteiger partial charge in [0.2, 0.25) is 0 Å². The van der Waals surface area contributed by atoms with Crippen LogP contribution in [0, 0.1) is 0 Å². The van der Waals surface area contributed by atoms with Crippen LogP contribution in [0.1, 0.15) is 21.7 Å². The van der Waals surface area contributed by atoms with E-state index in [0.29, 0.717) is 23.9 Å². The molecular formula is C15H18ClN3O2. The second kappa shape index (κ2) is 7.26. The summed E-state index contributed by atoms with van der Waals surface area (Å²) in [5.74, 6) is 4.93. The van der Waals surface area contributed by atoms with Crippen LogP contribution < -0.4 is 11.3 Å².